The quantitative estimate of drug-likeness (QED) is 0.833. The van der Waals surface area contributed by atoms with Crippen LogP contribution >= 0.6 is 39.0 Å². The molecule has 1 rings (SSSR count). The van der Waals surface area contributed by atoms with Crippen molar-refractivity contribution in [2.45, 2.75) is 19.4 Å². The summed E-state index contributed by atoms with van der Waals surface area (Å²) in [7, 11) is 0. The molecular formula is C9H14BrNS2. The first-order chi connectivity index (χ1) is 6.25. The van der Waals surface area contributed by atoms with Crippen LogP contribution in [0, 0.1) is 0 Å². The van der Waals surface area contributed by atoms with Gasteiger partial charge in [0.15, 0.2) is 0 Å². The Morgan fingerprint density at radius 1 is 1.62 bits per heavy atom. The number of hydrogen-bond donors (Lipinski definition) is 1. The summed E-state index contributed by atoms with van der Waals surface area (Å²) in [5, 5.41) is 4.21. The summed E-state index contributed by atoms with van der Waals surface area (Å²) < 4.78 is 1.15. The van der Waals surface area contributed by atoms with Crippen molar-refractivity contribution in [2.75, 3.05) is 11.5 Å². The van der Waals surface area contributed by atoms with Crippen molar-refractivity contribution in [1.82, 2.24) is 0 Å². The summed E-state index contributed by atoms with van der Waals surface area (Å²) >= 11 is 7.12. The van der Waals surface area contributed by atoms with Crippen molar-refractivity contribution in [2.24, 2.45) is 5.73 Å². The van der Waals surface area contributed by atoms with Crippen LogP contribution in [0.15, 0.2) is 15.2 Å². The predicted molar refractivity (Wildman–Crippen MR) is 66.6 cm³/mol. The Morgan fingerprint density at radius 3 is 2.92 bits per heavy atom. The Bertz CT molecular complexity index is 250. The Labute approximate surface area is 96.2 Å². The highest BCUT2D eigenvalue weighted by Gasteiger charge is 2.09. The molecule has 74 valence electrons. The predicted octanol–water partition coefficient (Wildman–Crippen LogP) is 3.65. The Kier molecular flexibility index (Phi) is 5.39. The first kappa shape index (κ1) is 11.6. The second-order valence-electron chi connectivity index (χ2n) is 2.86. The van der Waals surface area contributed by atoms with Crippen molar-refractivity contribution in [1.29, 1.82) is 0 Å². The molecule has 0 radical (unpaired) electrons. The topological polar surface area (TPSA) is 26.0 Å². The van der Waals surface area contributed by atoms with Gasteiger partial charge in [-0.2, -0.15) is 23.1 Å². The maximum absolute atomic E-state index is 6.04. The SMILES string of the molecule is CCCSCC(N)c1cscc1Br. The van der Waals surface area contributed by atoms with E-state index in [2.05, 4.69) is 33.6 Å². The highest BCUT2D eigenvalue weighted by Crippen LogP contribution is 2.27. The zero-order valence-electron chi connectivity index (χ0n) is 7.63. The molecule has 0 saturated carbocycles. The zero-order valence-corrected chi connectivity index (χ0v) is 10.8. The van der Waals surface area contributed by atoms with E-state index in [1.54, 1.807) is 11.3 Å². The molecule has 2 N–H and O–H groups in total. The van der Waals surface area contributed by atoms with E-state index in [0.717, 1.165) is 10.2 Å². The molecule has 0 fully saturated rings. The van der Waals surface area contributed by atoms with E-state index in [0.29, 0.717) is 0 Å². The van der Waals surface area contributed by atoms with Crippen LogP contribution in [0.5, 0.6) is 0 Å². The molecule has 0 spiro atoms. The van der Waals surface area contributed by atoms with Crippen molar-refractivity contribution >= 4 is 39.0 Å². The smallest absolute Gasteiger partial charge is 0.0406 e. The van der Waals surface area contributed by atoms with E-state index in [9.17, 15) is 0 Å². The summed E-state index contributed by atoms with van der Waals surface area (Å²) in [4.78, 5) is 0. The molecule has 1 heterocycles. The fourth-order valence-electron chi connectivity index (χ4n) is 1.00. The van der Waals surface area contributed by atoms with E-state index in [4.69, 9.17) is 5.73 Å². The lowest BCUT2D eigenvalue weighted by molar-refractivity contribution is 0.830. The molecule has 0 amide bonds. The number of thioether (sulfide) groups is 1. The lowest BCUT2D eigenvalue weighted by Crippen LogP contribution is -2.12. The minimum absolute atomic E-state index is 0.178. The van der Waals surface area contributed by atoms with Gasteiger partial charge in [0.25, 0.3) is 0 Å². The highest BCUT2D eigenvalue weighted by atomic mass is 79.9. The van der Waals surface area contributed by atoms with Gasteiger partial charge in [-0.3, -0.25) is 0 Å². The summed E-state index contributed by atoms with van der Waals surface area (Å²) in [6.45, 7) is 2.19. The molecule has 1 unspecified atom stereocenters. The molecule has 0 aliphatic heterocycles. The first-order valence-corrected chi connectivity index (χ1v) is 7.19. The molecule has 1 aromatic rings. The summed E-state index contributed by atoms with van der Waals surface area (Å²) in [5.74, 6) is 2.22. The van der Waals surface area contributed by atoms with Crippen LogP contribution in [0.25, 0.3) is 0 Å². The van der Waals surface area contributed by atoms with Gasteiger partial charge < -0.3 is 5.73 Å². The normalized spacial score (nSPS) is 13.2. The van der Waals surface area contributed by atoms with Crippen LogP contribution in [0.3, 0.4) is 0 Å². The van der Waals surface area contributed by atoms with Crippen LogP contribution in [0.4, 0.5) is 0 Å². The largest absolute Gasteiger partial charge is 0.323 e. The highest BCUT2D eigenvalue weighted by molar-refractivity contribution is 9.10. The number of nitrogens with two attached hydrogens (primary N) is 1. The average molecular weight is 280 g/mol. The van der Waals surface area contributed by atoms with Crippen LogP contribution in [-0.4, -0.2) is 11.5 Å². The third-order valence-corrected chi connectivity index (χ3v) is 4.73. The van der Waals surface area contributed by atoms with E-state index in [-0.39, 0.29) is 6.04 Å². The molecule has 0 bridgehead atoms. The van der Waals surface area contributed by atoms with E-state index in [1.807, 2.05) is 11.8 Å². The molecule has 1 aromatic heterocycles. The van der Waals surface area contributed by atoms with Crippen LogP contribution in [-0.2, 0) is 0 Å². The minimum atomic E-state index is 0.178. The monoisotopic (exact) mass is 279 g/mol. The molecule has 1 nitrogen and oxygen atoms in total. The summed E-state index contributed by atoms with van der Waals surface area (Å²) in [6.07, 6.45) is 1.22. The van der Waals surface area contributed by atoms with Gasteiger partial charge in [0.1, 0.15) is 0 Å². The molecular weight excluding hydrogens is 266 g/mol. The fourth-order valence-corrected chi connectivity index (χ4v) is 3.54. The molecule has 13 heavy (non-hydrogen) atoms. The first-order valence-electron chi connectivity index (χ1n) is 4.30. The number of thiophene rings is 1. The second kappa shape index (κ2) is 6.06. The van der Waals surface area contributed by atoms with Crippen molar-refractivity contribution in [3.05, 3.63) is 20.8 Å². The van der Waals surface area contributed by atoms with Gasteiger partial charge in [0.2, 0.25) is 0 Å². The molecule has 0 saturated heterocycles. The van der Waals surface area contributed by atoms with Gasteiger partial charge >= 0.3 is 0 Å². The van der Waals surface area contributed by atoms with Gasteiger partial charge in [0, 0.05) is 21.6 Å². The maximum Gasteiger partial charge on any atom is 0.0406 e. The van der Waals surface area contributed by atoms with Crippen LogP contribution in [0.2, 0.25) is 0 Å². The molecule has 0 aliphatic rings. The van der Waals surface area contributed by atoms with Crippen LogP contribution < -0.4 is 5.73 Å². The molecule has 1 atom stereocenters. The Hall–Kier alpha value is 0.490. The summed E-state index contributed by atoms with van der Waals surface area (Å²) in [6, 6.07) is 0.178. The lowest BCUT2D eigenvalue weighted by Gasteiger charge is -2.09. The Balaban J connectivity index is 2.39. The molecule has 4 heteroatoms. The van der Waals surface area contributed by atoms with Gasteiger partial charge in [-0.05, 0) is 39.0 Å². The second-order valence-corrected chi connectivity index (χ2v) is 5.60. The fraction of sp³-hybridized carbons (Fsp3) is 0.556. The van der Waals surface area contributed by atoms with Gasteiger partial charge in [-0.1, -0.05) is 6.92 Å². The van der Waals surface area contributed by atoms with Crippen LogP contribution in [0.1, 0.15) is 24.9 Å². The standard InChI is InChI=1S/C9H14BrNS2/c1-2-3-12-6-9(11)7-4-13-5-8(7)10/h4-5,9H,2-3,6,11H2,1H3. The van der Waals surface area contributed by atoms with E-state index < -0.39 is 0 Å². The molecule has 0 aromatic carbocycles. The average Bonchev–Trinajstić information content (AvgIpc) is 2.52. The van der Waals surface area contributed by atoms with Gasteiger partial charge in [0.05, 0.1) is 0 Å². The maximum atomic E-state index is 6.04. The Morgan fingerprint density at radius 2 is 2.38 bits per heavy atom. The van der Waals surface area contributed by atoms with E-state index in [1.165, 1.54) is 17.7 Å². The third-order valence-electron chi connectivity index (χ3n) is 1.69. The van der Waals surface area contributed by atoms with Crippen molar-refractivity contribution in [3.8, 4) is 0 Å². The zero-order chi connectivity index (χ0) is 9.68. The van der Waals surface area contributed by atoms with Gasteiger partial charge in [-0.15, -0.1) is 0 Å². The van der Waals surface area contributed by atoms with E-state index >= 15 is 0 Å². The number of hydrogen-bond acceptors (Lipinski definition) is 3. The number of halogens is 1. The van der Waals surface area contributed by atoms with Crippen molar-refractivity contribution < 1.29 is 0 Å². The van der Waals surface area contributed by atoms with Crippen molar-refractivity contribution in [3.63, 3.8) is 0 Å². The lowest BCUT2D eigenvalue weighted by atomic mass is 10.2. The van der Waals surface area contributed by atoms with Gasteiger partial charge in [-0.25, -0.2) is 0 Å². The molecule has 0 aliphatic carbocycles. The minimum Gasteiger partial charge on any atom is -0.323 e. The third kappa shape index (κ3) is 3.62. The number of rotatable bonds is 5. The summed E-state index contributed by atoms with van der Waals surface area (Å²) in [5.41, 5.74) is 7.28.